The van der Waals surface area contributed by atoms with Gasteiger partial charge in [-0.25, -0.2) is 4.68 Å². The summed E-state index contributed by atoms with van der Waals surface area (Å²) in [7, 11) is 0. The Balaban J connectivity index is 2.06. The van der Waals surface area contributed by atoms with E-state index in [9.17, 15) is 9.59 Å². The van der Waals surface area contributed by atoms with E-state index >= 15 is 0 Å². The van der Waals surface area contributed by atoms with Crippen LogP contribution in [0.15, 0.2) is 47.3 Å². The highest BCUT2D eigenvalue weighted by molar-refractivity contribution is 6.32. The fourth-order valence-electron chi connectivity index (χ4n) is 2.75. The summed E-state index contributed by atoms with van der Waals surface area (Å²) in [5.41, 5.74) is 0.698. The molecule has 0 unspecified atom stereocenters. The predicted molar refractivity (Wildman–Crippen MR) is 105 cm³/mol. The van der Waals surface area contributed by atoms with Gasteiger partial charge in [0.25, 0.3) is 11.5 Å². The van der Waals surface area contributed by atoms with Gasteiger partial charge in [0, 0.05) is 17.6 Å². The number of hydrogen-bond acceptors (Lipinski definition) is 4. The second-order valence-electron chi connectivity index (χ2n) is 6.54. The molecule has 0 fully saturated rings. The number of carbonyl (C=O) groups excluding carboxylic acids is 1. The lowest BCUT2D eigenvalue weighted by atomic mass is 10.1. The number of nitrogens with zero attached hydrogens (tertiary/aromatic N) is 3. The molecule has 2 aromatic carbocycles. The van der Waals surface area contributed by atoms with Crippen LogP contribution in [0.1, 0.15) is 29.9 Å². The minimum Gasteiger partial charge on any atom is -0.321 e. The first-order chi connectivity index (χ1) is 12.9. The zero-order valence-electron chi connectivity index (χ0n) is 14.9. The van der Waals surface area contributed by atoms with Gasteiger partial charge >= 0.3 is 0 Å². The van der Waals surface area contributed by atoms with Gasteiger partial charge in [0.15, 0.2) is 5.69 Å². The molecular weight excluding hydrogens is 364 g/mol. The minimum absolute atomic E-state index is 0.159. The Labute approximate surface area is 161 Å². The van der Waals surface area contributed by atoms with E-state index in [2.05, 4.69) is 10.4 Å². The molecular formula is C20H17ClN4O2. The molecule has 1 aromatic heterocycles. The second-order valence-corrected chi connectivity index (χ2v) is 6.94. The lowest BCUT2D eigenvalue weighted by Gasteiger charge is -2.13. The average Bonchev–Trinajstić information content (AvgIpc) is 2.64. The maximum atomic E-state index is 12.8. The van der Waals surface area contributed by atoms with Crippen molar-refractivity contribution in [3.63, 3.8) is 0 Å². The summed E-state index contributed by atoms with van der Waals surface area (Å²) < 4.78 is 1.33. The second kappa shape index (κ2) is 7.60. The molecule has 0 aliphatic heterocycles. The first-order valence-electron chi connectivity index (χ1n) is 8.41. The first-order valence-corrected chi connectivity index (χ1v) is 8.79. The lowest BCUT2D eigenvalue weighted by molar-refractivity contribution is 0.102. The van der Waals surface area contributed by atoms with Crippen LogP contribution >= 0.6 is 11.6 Å². The van der Waals surface area contributed by atoms with Crippen LogP contribution in [-0.4, -0.2) is 15.7 Å². The fourth-order valence-corrected chi connectivity index (χ4v) is 2.97. The van der Waals surface area contributed by atoms with Crippen molar-refractivity contribution in [2.75, 3.05) is 5.32 Å². The fraction of sp³-hybridized carbons (Fsp3) is 0.200. The van der Waals surface area contributed by atoms with Crippen LogP contribution in [0.5, 0.6) is 0 Å². The molecule has 0 aliphatic carbocycles. The number of carbonyl (C=O) groups is 1. The van der Waals surface area contributed by atoms with Gasteiger partial charge in [-0.1, -0.05) is 43.6 Å². The van der Waals surface area contributed by atoms with E-state index in [0.29, 0.717) is 28.6 Å². The van der Waals surface area contributed by atoms with E-state index in [-0.39, 0.29) is 22.2 Å². The zero-order valence-corrected chi connectivity index (χ0v) is 15.6. The molecule has 0 saturated heterocycles. The van der Waals surface area contributed by atoms with Crippen LogP contribution in [0.3, 0.4) is 0 Å². The van der Waals surface area contributed by atoms with E-state index < -0.39 is 5.91 Å². The molecule has 3 rings (SSSR count). The smallest absolute Gasteiger partial charge is 0.276 e. The van der Waals surface area contributed by atoms with Gasteiger partial charge in [-0.05, 0) is 30.2 Å². The molecule has 6 nitrogen and oxygen atoms in total. The maximum absolute atomic E-state index is 12.8. The van der Waals surface area contributed by atoms with Crippen molar-refractivity contribution in [2.45, 2.75) is 20.4 Å². The van der Waals surface area contributed by atoms with Crippen molar-refractivity contribution in [3.8, 4) is 6.07 Å². The summed E-state index contributed by atoms with van der Waals surface area (Å²) in [6.07, 6.45) is 0. The molecule has 0 radical (unpaired) electrons. The van der Waals surface area contributed by atoms with Gasteiger partial charge in [-0.15, -0.1) is 0 Å². The van der Waals surface area contributed by atoms with Crippen LogP contribution in [-0.2, 0) is 6.54 Å². The molecule has 1 N–H and O–H groups in total. The van der Waals surface area contributed by atoms with Crippen LogP contribution in [0.2, 0.25) is 5.02 Å². The topological polar surface area (TPSA) is 87.8 Å². The molecule has 27 heavy (non-hydrogen) atoms. The number of nitriles is 1. The van der Waals surface area contributed by atoms with Crippen LogP contribution in [0.25, 0.3) is 10.8 Å². The van der Waals surface area contributed by atoms with Gasteiger partial charge in [0.1, 0.15) is 6.07 Å². The summed E-state index contributed by atoms with van der Waals surface area (Å²) >= 11 is 6.02. The molecule has 0 saturated carbocycles. The van der Waals surface area contributed by atoms with Gasteiger partial charge in [0.05, 0.1) is 16.0 Å². The summed E-state index contributed by atoms with van der Waals surface area (Å²) in [5.74, 6) is -0.255. The van der Waals surface area contributed by atoms with Crippen LogP contribution in [0, 0.1) is 17.2 Å². The SMILES string of the molecule is CC(C)Cn1nc(C(=O)Nc2ccc(C#N)c(Cl)c2)c2ccccc2c1=O. The summed E-state index contributed by atoms with van der Waals surface area (Å²) in [4.78, 5) is 25.5. The van der Waals surface area contributed by atoms with Gasteiger partial charge in [-0.2, -0.15) is 10.4 Å². The van der Waals surface area contributed by atoms with E-state index in [4.69, 9.17) is 16.9 Å². The third kappa shape index (κ3) is 3.83. The largest absolute Gasteiger partial charge is 0.321 e. The Morgan fingerprint density at radius 3 is 2.59 bits per heavy atom. The molecule has 1 heterocycles. The standard InChI is InChI=1S/C20H17ClN4O2/c1-12(2)11-25-20(27)16-6-4-3-5-15(16)18(24-25)19(26)23-14-8-7-13(10-22)17(21)9-14/h3-9,12H,11H2,1-2H3,(H,23,26). The van der Waals surface area contributed by atoms with Crippen molar-refractivity contribution >= 4 is 34.0 Å². The zero-order chi connectivity index (χ0) is 19.6. The molecule has 0 atom stereocenters. The van der Waals surface area contributed by atoms with Crippen LogP contribution < -0.4 is 10.9 Å². The lowest BCUT2D eigenvalue weighted by Crippen LogP contribution is -2.29. The number of hydrogen-bond donors (Lipinski definition) is 1. The highest BCUT2D eigenvalue weighted by Gasteiger charge is 2.17. The molecule has 3 aromatic rings. The molecule has 1 amide bonds. The molecule has 0 spiro atoms. The molecule has 0 aliphatic rings. The molecule has 0 bridgehead atoms. The van der Waals surface area contributed by atoms with Gasteiger partial charge < -0.3 is 5.32 Å². The van der Waals surface area contributed by atoms with Crippen molar-refractivity contribution in [1.29, 1.82) is 5.26 Å². The third-order valence-electron chi connectivity index (χ3n) is 3.97. The molecule has 7 heteroatoms. The number of fused-ring (bicyclic) bond motifs is 1. The molecule has 136 valence electrons. The Bertz CT molecular complexity index is 1130. The number of benzene rings is 2. The van der Waals surface area contributed by atoms with E-state index in [1.165, 1.54) is 16.8 Å². The Morgan fingerprint density at radius 1 is 1.26 bits per heavy atom. The van der Waals surface area contributed by atoms with E-state index in [0.717, 1.165) is 0 Å². The van der Waals surface area contributed by atoms with E-state index in [1.54, 1.807) is 30.3 Å². The predicted octanol–water partition coefficient (Wildman–Crippen LogP) is 3.83. The van der Waals surface area contributed by atoms with E-state index in [1.807, 2.05) is 19.9 Å². The average molecular weight is 381 g/mol. The van der Waals surface area contributed by atoms with Gasteiger partial charge in [0.2, 0.25) is 0 Å². The summed E-state index contributed by atoms with van der Waals surface area (Å²) in [6.45, 7) is 4.36. The Kier molecular flexibility index (Phi) is 5.24. The highest BCUT2D eigenvalue weighted by atomic mass is 35.5. The Hall–Kier alpha value is -3.17. The summed E-state index contributed by atoms with van der Waals surface area (Å²) in [5, 5.41) is 17.2. The number of rotatable bonds is 4. The number of halogens is 1. The van der Waals surface area contributed by atoms with Crippen molar-refractivity contribution in [3.05, 3.63) is 69.1 Å². The summed E-state index contributed by atoms with van der Waals surface area (Å²) in [6, 6.07) is 13.5. The quantitative estimate of drug-likeness (QED) is 0.745. The van der Waals surface area contributed by atoms with Crippen molar-refractivity contribution < 1.29 is 4.79 Å². The Morgan fingerprint density at radius 2 is 1.96 bits per heavy atom. The number of nitrogens with one attached hydrogen (secondary N) is 1. The number of aromatic nitrogens is 2. The van der Waals surface area contributed by atoms with Crippen molar-refractivity contribution in [2.24, 2.45) is 5.92 Å². The monoisotopic (exact) mass is 380 g/mol. The maximum Gasteiger partial charge on any atom is 0.276 e. The number of amides is 1. The third-order valence-corrected chi connectivity index (χ3v) is 4.28. The van der Waals surface area contributed by atoms with Crippen molar-refractivity contribution in [1.82, 2.24) is 9.78 Å². The van der Waals surface area contributed by atoms with Crippen LogP contribution in [0.4, 0.5) is 5.69 Å². The normalized spacial score (nSPS) is 10.8. The highest BCUT2D eigenvalue weighted by Crippen LogP contribution is 2.21. The number of anilines is 1. The van der Waals surface area contributed by atoms with Gasteiger partial charge in [-0.3, -0.25) is 9.59 Å². The minimum atomic E-state index is -0.454. The first kappa shape index (κ1) is 18.6.